The van der Waals surface area contributed by atoms with E-state index in [0.29, 0.717) is 0 Å². The van der Waals surface area contributed by atoms with Gasteiger partial charge >= 0.3 is 11.9 Å². The molecule has 7 heteroatoms. The van der Waals surface area contributed by atoms with Gasteiger partial charge in [0.05, 0.1) is 11.1 Å². The fraction of sp³-hybridized carbons (Fsp3) is 0.474. The SMILES string of the molecule is CC(C)C[C@H](C(=O)O[C@@H]1C[C@H](C)OC1=O)N1C(=O)c2ccccc2C1=O. The lowest BCUT2D eigenvalue weighted by atomic mass is 10.0. The molecule has 3 atom stereocenters. The molecule has 0 aliphatic carbocycles. The van der Waals surface area contributed by atoms with Gasteiger partial charge in [-0.15, -0.1) is 0 Å². The number of nitrogens with zero attached hydrogens (tertiary/aromatic N) is 1. The van der Waals surface area contributed by atoms with Crippen LogP contribution in [0.15, 0.2) is 24.3 Å². The summed E-state index contributed by atoms with van der Waals surface area (Å²) in [5.41, 5.74) is 0.543. The van der Waals surface area contributed by atoms with Crippen LogP contribution in [0.1, 0.15) is 54.3 Å². The number of fused-ring (bicyclic) bond motifs is 1. The molecule has 0 saturated carbocycles. The standard InChI is InChI=1S/C19H21NO6/c1-10(2)8-14(18(23)26-15-9-11(3)25-19(15)24)20-16(21)12-6-4-5-7-13(12)17(20)22/h4-7,10-11,14-15H,8-9H2,1-3H3/t11-,14+,15+/m0/s1. The Labute approximate surface area is 151 Å². The van der Waals surface area contributed by atoms with Gasteiger partial charge in [-0.2, -0.15) is 0 Å². The number of ether oxygens (including phenoxy) is 2. The van der Waals surface area contributed by atoms with Crippen LogP contribution in [-0.4, -0.2) is 46.9 Å². The van der Waals surface area contributed by atoms with Crippen molar-refractivity contribution >= 4 is 23.8 Å². The lowest BCUT2D eigenvalue weighted by Crippen LogP contribution is -2.47. The summed E-state index contributed by atoms with van der Waals surface area (Å²) in [4.78, 5) is 50.8. The third kappa shape index (κ3) is 3.21. The zero-order valence-electron chi connectivity index (χ0n) is 14.9. The number of carbonyl (C=O) groups excluding carboxylic acids is 4. The molecule has 7 nitrogen and oxygen atoms in total. The van der Waals surface area contributed by atoms with E-state index in [1.165, 1.54) is 0 Å². The van der Waals surface area contributed by atoms with Crippen LogP contribution in [0.3, 0.4) is 0 Å². The molecule has 1 saturated heterocycles. The fourth-order valence-corrected chi connectivity index (χ4v) is 3.28. The second-order valence-corrected chi connectivity index (χ2v) is 7.08. The number of imide groups is 1. The van der Waals surface area contributed by atoms with Crippen molar-refractivity contribution in [1.82, 2.24) is 4.90 Å². The Hall–Kier alpha value is -2.70. The Morgan fingerprint density at radius 3 is 2.23 bits per heavy atom. The molecule has 2 aliphatic heterocycles. The van der Waals surface area contributed by atoms with Crippen molar-refractivity contribution in [3.8, 4) is 0 Å². The molecule has 0 aromatic heterocycles. The molecular formula is C19H21NO6. The first kappa shape index (κ1) is 18.1. The Morgan fingerprint density at radius 1 is 1.19 bits per heavy atom. The molecule has 0 N–H and O–H groups in total. The highest BCUT2D eigenvalue weighted by Crippen LogP contribution is 2.28. The maximum Gasteiger partial charge on any atom is 0.347 e. The highest BCUT2D eigenvalue weighted by molar-refractivity contribution is 6.22. The molecule has 138 valence electrons. The first-order chi connectivity index (χ1) is 12.3. The lowest BCUT2D eigenvalue weighted by Gasteiger charge is -2.26. The average molecular weight is 359 g/mol. The zero-order chi connectivity index (χ0) is 19.0. The van der Waals surface area contributed by atoms with Crippen LogP contribution in [-0.2, 0) is 19.1 Å². The third-order valence-electron chi connectivity index (χ3n) is 4.49. The van der Waals surface area contributed by atoms with Gasteiger partial charge in [-0.1, -0.05) is 26.0 Å². The Bertz CT molecular complexity index is 736. The summed E-state index contributed by atoms with van der Waals surface area (Å²) < 4.78 is 10.3. The topological polar surface area (TPSA) is 90.0 Å². The highest BCUT2D eigenvalue weighted by atomic mass is 16.6. The zero-order valence-corrected chi connectivity index (χ0v) is 14.9. The van der Waals surface area contributed by atoms with Crippen LogP contribution < -0.4 is 0 Å². The van der Waals surface area contributed by atoms with Crippen molar-refractivity contribution in [2.75, 3.05) is 0 Å². The van der Waals surface area contributed by atoms with E-state index in [9.17, 15) is 19.2 Å². The number of cyclic esters (lactones) is 1. The molecule has 26 heavy (non-hydrogen) atoms. The summed E-state index contributed by atoms with van der Waals surface area (Å²) in [7, 11) is 0. The Morgan fingerprint density at radius 2 is 1.77 bits per heavy atom. The number of esters is 2. The van der Waals surface area contributed by atoms with Crippen LogP contribution in [0.25, 0.3) is 0 Å². The molecule has 1 aromatic carbocycles. The number of hydrogen-bond acceptors (Lipinski definition) is 6. The van der Waals surface area contributed by atoms with Gasteiger partial charge in [0, 0.05) is 6.42 Å². The maximum absolute atomic E-state index is 12.7. The quantitative estimate of drug-likeness (QED) is 0.590. The number of amides is 2. The minimum Gasteiger partial charge on any atom is -0.460 e. The summed E-state index contributed by atoms with van der Waals surface area (Å²) in [6.07, 6.45) is -0.812. The van der Waals surface area contributed by atoms with Crippen molar-refractivity contribution in [3.63, 3.8) is 0 Å². The first-order valence-corrected chi connectivity index (χ1v) is 8.67. The molecule has 2 amide bonds. The summed E-state index contributed by atoms with van der Waals surface area (Å²) in [5, 5.41) is 0. The fourth-order valence-electron chi connectivity index (χ4n) is 3.28. The van der Waals surface area contributed by atoms with E-state index in [1.807, 2.05) is 13.8 Å². The minimum atomic E-state index is -1.08. The van der Waals surface area contributed by atoms with Gasteiger partial charge in [0.1, 0.15) is 12.1 Å². The van der Waals surface area contributed by atoms with Gasteiger partial charge in [0.25, 0.3) is 11.8 Å². The second-order valence-electron chi connectivity index (χ2n) is 7.08. The molecule has 3 rings (SSSR count). The third-order valence-corrected chi connectivity index (χ3v) is 4.49. The van der Waals surface area contributed by atoms with Crippen LogP contribution >= 0.6 is 0 Å². The van der Waals surface area contributed by atoms with Gasteiger partial charge in [-0.05, 0) is 31.4 Å². The summed E-state index contributed by atoms with van der Waals surface area (Å²) >= 11 is 0. The van der Waals surface area contributed by atoms with E-state index in [4.69, 9.17) is 9.47 Å². The Kier molecular flexibility index (Phi) is 4.80. The first-order valence-electron chi connectivity index (χ1n) is 8.67. The molecule has 2 heterocycles. The Balaban J connectivity index is 1.85. The number of carbonyl (C=O) groups is 4. The van der Waals surface area contributed by atoms with Crippen molar-refractivity contribution in [2.24, 2.45) is 5.92 Å². The van der Waals surface area contributed by atoms with Crippen LogP contribution in [0.2, 0.25) is 0 Å². The maximum atomic E-state index is 12.7. The summed E-state index contributed by atoms with van der Waals surface area (Å²) in [6, 6.07) is 5.37. The molecule has 0 unspecified atom stereocenters. The van der Waals surface area contributed by atoms with Crippen molar-refractivity contribution in [2.45, 2.75) is 51.9 Å². The molecule has 1 fully saturated rings. The number of rotatable bonds is 5. The van der Waals surface area contributed by atoms with E-state index in [0.717, 1.165) is 4.90 Å². The van der Waals surface area contributed by atoms with E-state index in [-0.39, 0.29) is 36.0 Å². The van der Waals surface area contributed by atoms with Gasteiger partial charge in [-0.25, -0.2) is 9.59 Å². The molecule has 0 bridgehead atoms. The largest absolute Gasteiger partial charge is 0.460 e. The van der Waals surface area contributed by atoms with Crippen molar-refractivity contribution in [3.05, 3.63) is 35.4 Å². The molecule has 1 aromatic rings. The number of benzene rings is 1. The van der Waals surface area contributed by atoms with Gasteiger partial charge < -0.3 is 9.47 Å². The van der Waals surface area contributed by atoms with Crippen molar-refractivity contribution < 1.29 is 28.7 Å². The van der Waals surface area contributed by atoms with E-state index < -0.39 is 35.9 Å². The molecule has 2 aliphatic rings. The van der Waals surface area contributed by atoms with Gasteiger partial charge in [-0.3, -0.25) is 14.5 Å². The van der Waals surface area contributed by atoms with E-state index >= 15 is 0 Å². The van der Waals surface area contributed by atoms with E-state index in [2.05, 4.69) is 0 Å². The predicted molar refractivity (Wildman–Crippen MR) is 90.2 cm³/mol. The summed E-state index contributed by atoms with van der Waals surface area (Å²) in [6.45, 7) is 5.47. The van der Waals surface area contributed by atoms with Crippen LogP contribution in [0.4, 0.5) is 0 Å². The average Bonchev–Trinajstić information content (AvgIpc) is 3.02. The van der Waals surface area contributed by atoms with Crippen molar-refractivity contribution in [1.29, 1.82) is 0 Å². The predicted octanol–water partition coefficient (Wildman–Crippen LogP) is 1.94. The minimum absolute atomic E-state index is 0.0336. The molecule has 0 radical (unpaired) electrons. The molecular weight excluding hydrogens is 338 g/mol. The van der Waals surface area contributed by atoms with E-state index in [1.54, 1.807) is 31.2 Å². The number of hydrogen-bond donors (Lipinski definition) is 0. The van der Waals surface area contributed by atoms with Gasteiger partial charge in [0.15, 0.2) is 0 Å². The lowest BCUT2D eigenvalue weighted by molar-refractivity contribution is -0.163. The van der Waals surface area contributed by atoms with Gasteiger partial charge in [0.2, 0.25) is 6.10 Å². The van der Waals surface area contributed by atoms with Crippen LogP contribution in [0.5, 0.6) is 0 Å². The molecule has 0 spiro atoms. The van der Waals surface area contributed by atoms with Crippen LogP contribution in [0, 0.1) is 5.92 Å². The normalized spacial score (nSPS) is 23.2. The highest BCUT2D eigenvalue weighted by Gasteiger charge is 2.45. The monoisotopic (exact) mass is 359 g/mol. The smallest absolute Gasteiger partial charge is 0.347 e. The second kappa shape index (κ2) is 6.90. The summed E-state index contributed by atoms with van der Waals surface area (Å²) in [5.74, 6) is -2.36.